The lowest BCUT2D eigenvalue weighted by Crippen LogP contribution is -2.52. The van der Waals surface area contributed by atoms with Crippen molar-refractivity contribution in [2.24, 2.45) is 13.0 Å². The molecule has 0 spiro atoms. The number of fused-ring (bicyclic) bond motifs is 2. The van der Waals surface area contributed by atoms with Crippen LogP contribution in [-0.2, 0) is 7.05 Å². The van der Waals surface area contributed by atoms with Gasteiger partial charge in [-0.3, -0.25) is 4.68 Å². The van der Waals surface area contributed by atoms with Crippen molar-refractivity contribution < 1.29 is 0 Å². The molecule has 0 amide bonds. The Labute approximate surface area is 148 Å². The van der Waals surface area contributed by atoms with Crippen LogP contribution in [-0.4, -0.2) is 45.4 Å². The third-order valence-electron chi connectivity index (χ3n) is 4.88. The summed E-state index contributed by atoms with van der Waals surface area (Å²) in [4.78, 5) is 11.7. The summed E-state index contributed by atoms with van der Waals surface area (Å²) in [5, 5.41) is 9.09. The van der Waals surface area contributed by atoms with Crippen LogP contribution in [0.15, 0.2) is 6.20 Å². The number of aryl methyl sites for hydroxylation is 2. The van der Waals surface area contributed by atoms with E-state index in [1.807, 2.05) is 24.9 Å². The average Bonchev–Trinajstić information content (AvgIpc) is 2.87. The van der Waals surface area contributed by atoms with Gasteiger partial charge in [0.1, 0.15) is 11.6 Å². The van der Waals surface area contributed by atoms with Gasteiger partial charge in [-0.05, 0) is 38.6 Å². The maximum Gasteiger partial charge on any atom is 0.163 e. The number of nitrogens with one attached hydrogen (secondary N) is 1. The standard InChI is InChI=1S/C15H22N6.2ClH/c1-10-18-14-12(8-17-20(14)2)15(19-10)21-7-5-13-11(9-21)4-3-6-16-13;;/h8,11,13,16H,3-7,9H2,1-2H3;2*1H/t11-,13+;;/m1../s1. The fourth-order valence-electron chi connectivity index (χ4n) is 3.79. The van der Waals surface area contributed by atoms with Crippen LogP contribution in [0.5, 0.6) is 0 Å². The van der Waals surface area contributed by atoms with Crippen LogP contribution in [0, 0.1) is 12.8 Å². The first-order valence-electron chi connectivity index (χ1n) is 7.87. The molecule has 2 aromatic heterocycles. The molecule has 0 bridgehead atoms. The van der Waals surface area contributed by atoms with Gasteiger partial charge in [0.05, 0.1) is 11.6 Å². The monoisotopic (exact) mass is 358 g/mol. The lowest BCUT2D eigenvalue weighted by atomic mass is 9.85. The molecule has 0 aliphatic carbocycles. The summed E-state index contributed by atoms with van der Waals surface area (Å²) in [7, 11) is 1.94. The van der Waals surface area contributed by atoms with E-state index in [-0.39, 0.29) is 24.8 Å². The highest BCUT2D eigenvalue weighted by Gasteiger charge is 2.32. The second kappa shape index (κ2) is 7.20. The van der Waals surface area contributed by atoms with Crippen LogP contribution in [0.3, 0.4) is 0 Å². The molecule has 0 unspecified atom stereocenters. The molecule has 0 radical (unpaired) electrons. The maximum atomic E-state index is 4.72. The summed E-state index contributed by atoms with van der Waals surface area (Å²) >= 11 is 0. The van der Waals surface area contributed by atoms with Gasteiger partial charge < -0.3 is 10.2 Å². The predicted molar refractivity (Wildman–Crippen MR) is 96.9 cm³/mol. The summed E-state index contributed by atoms with van der Waals surface area (Å²) in [6.07, 6.45) is 5.72. The van der Waals surface area contributed by atoms with Crippen molar-refractivity contribution in [2.75, 3.05) is 24.5 Å². The van der Waals surface area contributed by atoms with E-state index in [1.165, 1.54) is 25.8 Å². The fraction of sp³-hybridized carbons (Fsp3) is 0.667. The van der Waals surface area contributed by atoms with Gasteiger partial charge in [0.25, 0.3) is 0 Å². The fourth-order valence-corrected chi connectivity index (χ4v) is 3.79. The van der Waals surface area contributed by atoms with Gasteiger partial charge in [0.2, 0.25) is 0 Å². The van der Waals surface area contributed by atoms with Crippen molar-refractivity contribution in [1.29, 1.82) is 0 Å². The highest BCUT2D eigenvalue weighted by molar-refractivity contribution is 5.87. The summed E-state index contributed by atoms with van der Waals surface area (Å²) < 4.78 is 1.84. The van der Waals surface area contributed by atoms with Gasteiger partial charge in [-0.1, -0.05) is 0 Å². The summed E-state index contributed by atoms with van der Waals surface area (Å²) in [6.45, 7) is 5.30. The van der Waals surface area contributed by atoms with E-state index in [0.717, 1.165) is 41.7 Å². The highest BCUT2D eigenvalue weighted by atomic mass is 35.5. The molecule has 2 saturated heterocycles. The smallest absolute Gasteiger partial charge is 0.163 e. The number of halogens is 2. The minimum atomic E-state index is 0. The molecular formula is C15H24Cl2N6. The number of nitrogens with zero attached hydrogens (tertiary/aromatic N) is 5. The summed E-state index contributed by atoms with van der Waals surface area (Å²) in [5.41, 5.74) is 0.932. The minimum absolute atomic E-state index is 0. The molecule has 2 fully saturated rings. The van der Waals surface area contributed by atoms with Crippen LogP contribution in [0.4, 0.5) is 5.82 Å². The molecule has 2 aromatic rings. The van der Waals surface area contributed by atoms with Gasteiger partial charge in [-0.15, -0.1) is 24.8 Å². The maximum absolute atomic E-state index is 4.72. The van der Waals surface area contributed by atoms with Crippen molar-refractivity contribution in [3.8, 4) is 0 Å². The third-order valence-corrected chi connectivity index (χ3v) is 4.88. The molecular weight excluding hydrogens is 335 g/mol. The molecule has 1 N–H and O–H groups in total. The van der Waals surface area contributed by atoms with Crippen LogP contribution in [0.2, 0.25) is 0 Å². The lowest BCUT2D eigenvalue weighted by Gasteiger charge is -2.42. The number of aromatic nitrogens is 4. The second-order valence-electron chi connectivity index (χ2n) is 6.30. The molecule has 6 nitrogen and oxygen atoms in total. The Morgan fingerprint density at radius 3 is 2.87 bits per heavy atom. The number of hydrogen-bond acceptors (Lipinski definition) is 5. The first-order chi connectivity index (χ1) is 10.2. The van der Waals surface area contributed by atoms with Gasteiger partial charge in [0.15, 0.2) is 5.65 Å². The number of anilines is 1. The highest BCUT2D eigenvalue weighted by Crippen LogP contribution is 2.30. The van der Waals surface area contributed by atoms with E-state index < -0.39 is 0 Å². The topological polar surface area (TPSA) is 58.9 Å². The zero-order valence-corrected chi connectivity index (χ0v) is 15.2. The average molecular weight is 359 g/mol. The Morgan fingerprint density at radius 2 is 2.04 bits per heavy atom. The predicted octanol–water partition coefficient (Wildman–Crippen LogP) is 2.09. The van der Waals surface area contributed by atoms with Crippen molar-refractivity contribution in [2.45, 2.75) is 32.2 Å². The molecule has 2 atom stereocenters. The van der Waals surface area contributed by atoms with Gasteiger partial charge >= 0.3 is 0 Å². The molecule has 0 aromatic carbocycles. The van der Waals surface area contributed by atoms with Crippen LogP contribution < -0.4 is 10.2 Å². The lowest BCUT2D eigenvalue weighted by molar-refractivity contribution is 0.244. The van der Waals surface area contributed by atoms with E-state index >= 15 is 0 Å². The van der Waals surface area contributed by atoms with Gasteiger partial charge in [-0.2, -0.15) is 5.10 Å². The molecule has 2 aliphatic heterocycles. The Hall–Kier alpha value is -1.11. The number of hydrogen-bond donors (Lipinski definition) is 1. The van der Waals surface area contributed by atoms with E-state index in [2.05, 4.69) is 20.3 Å². The first-order valence-corrected chi connectivity index (χ1v) is 7.87. The van der Waals surface area contributed by atoms with Crippen molar-refractivity contribution in [1.82, 2.24) is 25.1 Å². The van der Waals surface area contributed by atoms with Gasteiger partial charge in [-0.25, -0.2) is 9.97 Å². The molecule has 4 rings (SSSR count). The zero-order valence-electron chi connectivity index (χ0n) is 13.5. The van der Waals surface area contributed by atoms with Gasteiger partial charge in [0, 0.05) is 26.2 Å². The second-order valence-corrected chi connectivity index (χ2v) is 6.30. The van der Waals surface area contributed by atoms with E-state index in [9.17, 15) is 0 Å². The quantitative estimate of drug-likeness (QED) is 0.845. The zero-order chi connectivity index (χ0) is 14.4. The van der Waals surface area contributed by atoms with Crippen LogP contribution >= 0.6 is 24.8 Å². The number of rotatable bonds is 1. The summed E-state index contributed by atoms with van der Waals surface area (Å²) in [5.74, 6) is 2.63. The molecule has 8 heteroatoms. The minimum Gasteiger partial charge on any atom is -0.355 e. The van der Waals surface area contributed by atoms with Crippen molar-refractivity contribution >= 4 is 41.7 Å². The molecule has 23 heavy (non-hydrogen) atoms. The first kappa shape index (κ1) is 18.2. The largest absolute Gasteiger partial charge is 0.355 e. The van der Waals surface area contributed by atoms with E-state index in [0.29, 0.717) is 6.04 Å². The van der Waals surface area contributed by atoms with Crippen molar-refractivity contribution in [3.63, 3.8) is 0 Å². The Morgan fingerprint density at radius 1 is 1.22 bits per heavy atom. The van der Waals surface area contributed by atoms with Crippen molar-refractivity contribution in [3.05, 3.63) is 12.0 Å². The van der Waals surface area contributed by atoms with E-state index in [4.69, 9.17) is 4.98 Å². The third kappa shape index (κ3) is 3.25. The Bertz CT molecular complexity index is 673. The van der Waals surface area contributed by atoms with Crippen LogP contribution in [0.25, 0.3) is 11.0 Å². The van der Waals surface area contributed by atoms with Crippen LogP contribution in [0.1, 0.15) is 25.1 Å². The SMILES string of the molecule is Cc1nc(N2CC[C@@H]3NCCC[C@@H]3C2)c2cnn(C)c2n1.Cl.Cl. The Balaban J connectivity index is 0.000000960. The van der Waals surface area contributed by atoms with E-state index in [1.54, 1.807) is 0 Å². The normalized spacial score (nSPS) is 23.8. The molecule has 2 aliphatic rings. The molecule has 0 saturated carbocycles. The molecule has 128 valence electrons. The Kier molecular flexibility index (Phi) is 5.70. The summed E-state index contributed by atoms with van der Waals surface area (Å²) in [6, 6.07) is 0.697. The number of piperidine rings is 2. The molecule has 4 heterocycles.